The fourth-order valence-electron chi connectivity index (χ4n) is 4.18. The molecule has 3 aliphatic rings. The van der Waals surface area contributed by atoms with Crippen LogP contribution in [0, 0.1) is 0 Å². The first-order valence-electron chi connectivity index (χ1n) is 7.20. The molecule has 0 saturated heterocycles. The Kier molecular flexibility index (Phi) is 1.78. The fourth-order valence-corrected chi connectivity index (χ4v) is 4.18. The molecule has 2 aromatic carbocycles. The number of rotatable bonds is 0. The number of fused-ring (bicyclic) bond motifs is 1. The van der Waals surface area contributed by atoms with Gasteiger partial charge in [0.05, 0.1) is 0 Å². The summed E-state index contributed by atoms with van der Waals surface area (Å²) in [5.74, 6) is 0. The summed E-state index contributed by atoms with van der Waals surface area (Å²) in [7, 11) is 0. The lowest BCUT2D eigenvalue weighted by molar-refractivity contribution is 0.679. The van der Waals surface area contributed by atoms with E-state index in [9.17, 15) is 0 Å². The molecule has 5 rings (SSSR count). The lowest BCUT2D eigenvalue weighted by Crippen LogP contribution is -2.28. The first-order chi connectivity index (χ1) is 9.91. The molecule has 0 heterocycles. The molecule has 1 atom stereocenters. The second-order valence-electron chi connectivity index (χ2n) is 5.81. The van der Waals surface area contributed by atoms with E-state index in [1.807, 2.05) is 0 Å². The van der Waals surface area contributed by atoms with Gasteiger partial charge in [0.15, 0.2) is 0 Å². The third kappa shape index (κ3) is 1.01. The van der Waals surface area contributed by atoms with E-state index in [4.69, 9.17) is 0 Å². The average molecular weight is 254 g/mol. The first kappa shape index (κ1) is 10.4. The lowest BCUT2D eigenvalue weighted by atomic mass is 9.65. The Labute approximate surface area is 118 Å². The van der Waals surface area contributed by atoms with Crippen LogP contribution in [0.15, 0.2) is 78.4 Å². The van der Waals surface area contributed by atoms with E-state index < -0.39 is 0 Å². The number of benzene rings is 2. The monoisotopic (exact) mass is 254 g/mol. The third-order valence-electron chi connectivity index (χ3n) is 4.98. The Hall–Kier alpha value is -2.34. The lowest BCUT2D eigenvalue weighted by Gasteiger charge is -2.37. The van der Waals surface area contributed by atoms with Crippen LogP contribution >= 0.6 is 0 Å². The molecule has 0 aromatic heterocycles. The minimum atomic E-state index is 0.0622. The van der Waals surface area contributed by atoms with Crippen LogP contribution in [0.2, 0.25) is 0 Å². The van der Waals surface area contributed by atoms with E-state index in [-0.39, 0.29) is 5.41 Å². The molecule has 1 unspecified atom stereocenters. The molecule has 0 saturated carbocycles. The van der Waals surface area contributed by atoms with Gasteiger partial charge in [-0.1, -0.05) is 72.9 Å². The van der Waals surface area contributed by atoms with Crippen LogP contribution in [-0.2, 0) is 5.41 Å². The maximum Gasteiger partial charge on any atom is 0.0498 e. The summed E-state index contributed by atoms with van der Waals surface area (Å²) in [5, 5.41) is 2.81. The van der Waals surface area contributed by atoms with Gasteiger partial charge in [-0.2, -0.15) is 0 Å². The summed E-state index contributed by atoms with van der Waals surface area (Å²) in [4.78, 5) is 0. The highest BCUT2D eigenvalue weighted by Crippen LogP contribution is 2.58. The largest absolute Gasteiger partial charge is 0.0830 e. The van der Waals surface area contributed by atoms with E-state index >= 15 is 0 Å². The van der Waals surface area contributed by atoms with Crippen molar-refractivity contribution >= 4 is 16.3 Å². The Morgan fingerprint density at radius 2 is 1.80 bits per heavy atom. The zero-order valence-corrected chi connectivity index (χ0v) is 11.1. The number of hydrogen-bond donors (Lipinski definition) is 0. The van der Waals surface area contributed by atoms with Gasteiger partial charge in [-0.25, -0.2) is 0 Å². The molecule has 94 valence electrons. The van der Waals surface area contributed by atoms with Crippen molar-refractivity contribution in [2.75, 3.05) is 0 Å². The molecule has 0 aliphatic heterocycles. The smallest absolute Gasteiger partial charge is 0.0498 e. The van der Waals surface area contributed by atoms with Crippen molar-refractivity contribution in [1.82, 2.24) is 0 Å². The van der Waals surface area contributed by atoms with Gasteiger partial charge >= 0.3 is 0 Å². The minimum Gasteiger partial charge on any atom is -0.0830 e. The molecule has 0 radical (unpaired) electrons. The van der Waals surface area contributed by atoms with Gasteiger partial charge in [0, 0.05) is 5.41 Å². The Bertz CT molecular complexity index is 869. The molecule has 0 fully saturated rings. The van der Waals surface area contributed by atoms with Crippen molar-refractivity contribution in [3.8, 4) is 0 Å². The Balaban J connectivity index is 2.00. The van der Waals surface area contributed by atoms with Gasteiger partial charge < -0.3 is 0 Å². The van der Waals surface area contributed by atoms with Crippen LogP contribution in [-0.4, -0.2) is 0 Å². The fraction of sp³-hybridized carbons (Fsp3) is 0.100. The molecular formula is C20H14. The third-order valence-corrected chi connectivity index (χ3v) is 4.98. The zero-order valence-electron chi connectivity index (χ0n) is 11.1. The van der Waals surface area contributed by atoms with E-state index in [2.05, 4.69) is 72.9 Å². The summed E-state index contributed by atoms with van der Waals surface area (Å²) in [6.07, 6.45) is 14.6. The van der Waals surface area contributed by atoms with Gasteiger partial charge in [0.1, 0.15) is 0 Å². The molecule has 20 heavy (non-hydrogen) atoms. The molecule has 0 N–H and O–H groups in total. The van der Waals surface area contributed by atoms with Crippen molar-refractivity contribution < 1.29 is 0 Å². The van der Waals surface area contributed by atoms with E-state index in [0.29, 0.717) is 0 Å². The average Bonchev–Trinajstić information content (AvgIpc) is 2.79. The van der Waals surface area contributed by atoms with Crippen molar-refractivity contribution in [3.63, 3.8) is 0 Å². The predicted octanol–water partition coefficient (Wildman–Crippen LogP) is 4.93. The highest BCUT2D eigenvalue weighted by atomic mass is 14.5. The quantitative estimate of drug-likeness (QED) is 0.625. The molecule has 0 nitrogen and oxygen atoms in total. The molecule has 0 bridgehead atoms. The van der Waals surface area contributed by atoms with Gasteiger partial charge in [-0.15, -0.1) is 0 Å². The molecule has 1 spiro atoms. The van der Waals surface area contributed by atoms with Crippen LogP contribution < -0.4 is 0 Å². The van der Waals surface area contributed by atoms with E-state index in [1.54, 1.807) is 0 Å². The summed E-state index contributed by atoms with van der Waals surface area (Å²) >= 11 is 0. The Morgan fingerprint density at radius 3 is 2.75 bits per heavy atom. The van der Waals surface area contributed by atoms with Crippen molar-refractivity contribution in [2.45, 2.75) is 11.8 Å². The van der Waals surface area contributed by atoms with Crippen LogP contribution in [0.25, 0.3) is 16.3 Å². The predicted molar refractivity (Wildman–Crippen MR) is 84.6 cm³/mol. The normalized spacial score (nSPS) is 25.2. The summed E-state index contributed by atoms with van der Waals surface area (Å²) in [6, 6.07) is 13.4. The van der Waals surface area contributed by atoms with Gasteiger partial charge in [-0.3, -0.25) is 0 Å². The second-order valence-corrected chi connectivity index (χ2v) is 5.81. The summed E-state index contributed by atoms with van der Waals surface area (Å²) < 4.78 is 0. The summed E-state index contributed by atoms with van der Waals surface area (Å²) in [6.45, 7) is 0. The van der Waals surface area contributed by atoms with Gasteiger partial charge in [-0.05, 0) is 39.5 Å². The Morgan fingerprint density at radius 1 is 0.900 bits per heavy atom. The minimum absolute atomic E-state index is 0.0622. The van der Waals surface area contributed by atoms with Crippen molar-refractivity contribution in [1.29, 1.82) is 0 Å². The SMILES string of the molecule is C1=CCC23C(=C1)C=CC=C2c1cccc2cccc3c12. The molecule has 3 aliphatic carbocycles. The number of allylic oxidation sites excluding steroid dienone is 8. The zero-order chi connectivity index (χ0) is 13.2. The van der Waals surface area contributed by atoms with Crippen molar-refractivity contribution in [3.05, 3.63) is 89.6 Å². The van der Waals surface area contributed by atoms with Gasteiger partial charge in [0.25, 0.3) is 0 Å². The highest BCUT2D eigenvalue weighted by molar-refractivity contribution is 6.07. The van der Waals surface area contributed by atoms with Crippen LogP contribution in [0.1, 0.15) is 17.5 Å². The molecule has 0 heteroatoms. The highest BCUT2D eigenvalue weighted by Gasteiger charge is 2.46. The molecular weight excluding hydrogens is 240 g/mol. The molecule has 2 aromatic rings. The van der Waals surface area contributed by atoms with Crippen molar-refractivity contribution in [2.24, 2.45) is 0 Å². The summed E-state index contributed by atoms with van der Waals surface area (Å²) in [5.41, 5.74) is 5.87. The maximum absolute atomic E-state index is 2.32. The second kappa shape index (κ2) is 3.40. The van der Waals surface area contributed by atoms with Crippen LogP contribution in [0.5, 0.6) is 0 Å². The van der Waals surface area contributed by atoms with Crippen LogP contribution in [0.3, 0.4) is 0 Å². The van der Waals surface area contributed by atoms with E-state index in [0.717, 1.165) is 6.42 Å². The topological polar surface area (TPSA) is 0 Å². The van der Waals surface area contributed by atoms with E-state index in [1.165, 1.54) is 33.0 Å². The number of hydrogen-bond acceptors (Lipinski definition) is 0. The van der Waals surface area contributed by atoms with Gasteiger partial charge in [0.2, 0.25) is 0 Å². The maximum atomic E-state index is 2.32. The first-order valence-corrected chi connectivity index (χ1v) is 7.20. The standard InChI is InChI=1S/C20H14/c1-2-13-20-15(8-1)9-5-11-17(20)16-10-3-6-14-7-4-12-18(20)19(14)16/h1-12H,13H2. The van der Waals surface area contributed by atoms with Crippen LogP contribution in [0.4, 0.5) is 0 Å². The molecule has 0 amide bonds.